The quantitative estimate of drug-likeness (QED) is 0.423. The van der Waals surface area contributed by atoms with Crippen LogP contribution in [0.1, 0.15) is 26.7 Å². The Bertz CT molecular complexity index is 152. The minimum atomic E-state index is 0.682. The molecule has 4 nitrogen and oxygen atoms in total. The molecule has 0 saturated carbocycles. The van der Waals surface area contributed by atoms with Gasteiger partial charge in [-0.3, -0.25) is 0 Å². The molecule has 18 heavy (non-hydrogen) atoms. The summed E-state index contributed by atoms with van der Waals surface area (Å²) in [6.45, 7) is 9.28. The molecule has 0 aromatic carbocycles. The Labute approximate surface area is 114 Å². The first-order valence-electron chi connectivity index (χ1n) is 7.00. The first-order valence-corrected chi connectivity index (χ1v) is 7.00. The van der Waals surface area contributed by atoms with Crippen LogP contribution < -0.4 is 0 Å². The lowest BCUT2D eigenvalue weighted by Gasteiger charge is -2.29. The predicted molar refractivity (Wildman–Crippen MR) is 77.0 cm³/mol. The Kier molecular flexibility index (Phi) is 16.7. The lowest BCUT2D eigenvalue weighted by molar-refractivity contribution is -0.891. The van der Waals surface area contributed by atoms with E-state index in [0.717, 1.165) is 30.7 Å². The molecule has 0 aromatic rings. The number of unbranched alkanes of at least 4 members (excludes halogenated alkanes) is 1. The molecule has 112 valence electrons. The highest BCUT2D eigenvalue weighted by Gasteiger charge is 2.13. The Balaban J connectivity index is 0. The van der Waals surface area contributed by atoms with Crippen LogP contribution in [0.5, 0.6) is 0 Å². The number of nitrogens with zero attached hydrogens (tertiary/aromatic N) is 1. The lowest BCUT2D eigenvalue weighted by atomic mass is 10.3. The van der Waals surface area contributed by atoms with Gasteiger partial charge in [0.15, 0.2) is 0 Å². The van der Waals surface area contributed by atoms with E-state index in [0.29, 0.717) is 13.2 Å². The third-order valence-electron chi connectivity index (χ3n) is 2.63. The van der Waals surface area contributed by atoms with Gasteiger partial charge in [-0.05, 0) is 12.8 Å². The molecule has 0 saturated heterocycles. The second-order valence-electron chi connectivity index (χ2n) is 4.69. The third-order valence-corrected chi connectivity index (χ3v) is 2.63. The van der Waals surface area contributed by atoms with Gasteiger partial charge in [0.1, 0.15) is 6.54 Å². The van der Waals surface area contributed by atoms with Crippen molar-refractivity contribution in [1.82, 2.24) is 0 Å². The number of hydrogen-bond acceptors (Lipinski definition) is 3. The van der Waals surface area contributed by atoms with Crippen LogP contribution in [0.4, 0.5) is 0 Å². The van der Waals surface area contributed by atoms with Gasteiger partial charge in [-0.25, -0.2) is 0 Å². The van der Waals surface area contributed by atoms with Crippen LogP contribution >= 0.6 is 0 Å². The molecule has 0 spiro atoms. The summed E-state index contributed by atoms with van der Waals surface area (Å²) in [4.78, 5) is 0. The van der Waals surface area contributed by atoms with E-state index < -0.39 is 0 Å². The van der Waals surface area contributed by atoms with E-state index in [1.807, 2.05) is 13.8 Å². The van der Waals surface area contributed by atoms with Crippen molar-refractivity contribution in [3.63, 3.8) is 0 Å². The summed E-state index contributed by atoms with van der Waals surface area (Å²) in [6.07, 6.45) is 2.35. The van der Waals surface area contributed by atoms with Crippen molar-refractivity contribution in [3.8, 4) is 0 Å². The maximum Gasteiger partial charge on any atom is 0.102 e. The molecule has 0 unspecified atom stereocenters. The highest BCUT2D eigenvalue weighted by molar-refractivity contribution is 4.40. The normalized spacial score (nSPS) is 11.0. The van der Waals surface area contributed by atoms with Gasteiger partial charge in [-0.1, -0.05) is 13.8 Å². The van der Waals surface area contributed by atoms with E-state index >= 15 is 0 Å². The highest BCUT2D eigenvalue weighted by atomic mass is 16.5. The molecule has 4 heteroatoms. The van der Waals surface area contributed by atoms with E-state index in [2.05, 4.69) is 14.1 Å². The standard InChI is InChI=1S/C12H28NO3.C2H6/c1-13(2,7-5-6-9-14-3)8-10-16-12-11-15-4;1-2/h5-12H2,1-4H3;1-2H3/q+1;. The second kappa shape index (κ2) is 14.9. The van der Waals surface area contributed by atoms with Crippen LogP contribution in [0.15, 0.2) is 0 Å². The summed E-state index contributed by atoms with van der Waals surface area (Å²) in [5.41, 5.74) is 0. The zero-order chi connectivity index (χ0) is 14.3. The van der Waals surface area contributed by atoms with Crippen molar-refractivity contribution in [2.75, 3.05) is 67.8 Å². The maximum atomic E-state index is 5.47. The van der Waals surface area contributed by atoms with Crippen molar-refractivity contribution in [2.45, 2.75) is 26.7 Å². The smallest absolute Gasteiger partial charge is 0.102 e. The fraction of sp³-hybridized carbons (Fsp3) is 1.00. The summed E-state index contributed by atoms with van der Waals surface area (Å²) in [7, 11) is 7.93. The van der Waals surface area contributed by atoms with Crippen molar-refractivity contribution in [3.05, 3.63) is 0 Å². The Morgan fingerprint density at radius 3 is 1.89 bits per heavy atom. The van der Waals surface area contributed by atoms with Gasteiger partial charge in [0.05, 0.1) is 40.5 Å². The Morgan fingerprint density at radius 1 is 0.722 bits per heavy atom. The molecular weight excluding hydrogens is 230 g/mol. The van der Waals surface area contributed by atoms with Crippen molar-refractivity contribution in [2.24, 2.45) is 0 Å². The van der Waals surface area contributed by atoms with Gasteiger partial charge < -0.3 is 18.7 Å². The molecule has 0 aliphatic heterocycles. The number of likely N-dealkylation sites (N-methyl/N-ethyl adjacent to an activating group) is 1. The fourth-order valence-corrected chi connectivity index (χ4v) is 1.45. The van der Waals surface area contributed by atoms with E-state index in [1.54, 1.807) is 14.2 Å². The molecule has 0 aromatic heterocycles. The van der Waals surface area contributed by atoms with Crippen LogP contribution in [0.3, 0.4) is 0 Å². The molecular formula is C14H34NO3+. The SMILES string of the molecule is CC.COCCCC[N+](C)(C)CCOCCOC. The van der Waals surface area contributed by atoms with Crippen molar-refractivity contribution >= 4 is 0 Å². The van der Waals surface area contributed by atoms with Crippen LogP contribution in [-0.4, -0.2) is 72.3 Å². The van der Waals surface area contributed by atoms with Gasteiger partial charge in [-0.2, -0.15) is 0 Å². The number of methoxy groups -OCH3 is 2. The maximum absolute atomic E-state index is 5.47. The molecule has 0 rings (SSSR count). The molecule has 0 radical (unpaired) electrons. The largest absolute Gasteiger partial charge is 0.385 e. The minimum absolute atomic E-state index is 0.682. The number of ether oxygens (including phenoxy) is 3. The molecule has 0 heterocycles. The number of hydrogen-bond donors (Lipinski definition) is 0. The summed E-state index contributed by atoms with van der Waals surface area (Å²) in [5.74, 6) is 0. The number of quaternary nitrogens is 1. The van der Waals surface area contributed by atoms with Gasteiger partial charge in [0.25, 0.3) is 0 Å². The lowest BCUT2D eigenvalue weighted by Crippen LogP contribution is -2.43. The average molecular weight is 264 g/mol. The molecule has 0 amide bonds. The molecule has 0 aliphatic carbocycles. The summed E-state index contributed by atoms with van der Waals surface area (Å²) < 4.78 is 16.4. The zero-order valence-corrected chi connectivity index (χ0v) is 13.3. The monoisotopic (exact) mass is 264 g/mol. The molecule has 0 aliphatic rings. The predicted octanol–water partition coefficient (Wildman–Crippen LogP) is 2.18. The number of rotatable bonds is 11. The summed E-state index contributed by atoms with van der Waals surface area (Å²) in [6, 6.07) is 0. The average Bonchev–Trinajstić information content (AvgIpc) is 2.37. The van der Waals surface area contributed by atoms with E-state index in [-0.39, 0.29) is 0 Å². The molecule has 0 N–H and O–H groups in total. The second-order valence-corrected chi connectivity index (χ2v) is 4.69. The first kappa shape index (κ1) is 20.2. The highest BCUT2D eigenvalue weighted by Crippen LogP contribution is 2.01. The summed E-state index contributed by atoms with van der Waals surface area (Å²) >= 11 is 0. The van der Waals surface area contributed by atoms with Gasteiger partial charge in [0, 0.05) is 20.8 Å². The fourth-order valence-electron chi connectivity index (χ4n) is 1.45. The Morgan fingerprint density at radius 2 is 1.33 bits per heavy atom. The van der Waals surface area contributed by atoms with Gasteiger partial charge >= 0.3 is 0 Å². The van der Waals surface area contributed by atoms with Gasteiger partial charge in [0.2, 0.25) is 0 Å². The third kappa shape index (κ3) is 15.8. The van der Waals surface area contributed by atoms with Crippen LogP contribution in [-0.2, 0) is 14.2 Å². The van der Waals surface area contributed by atoms with E-state index in [9.17, 15) is 0 Å². The van der Waals surface area contributed by atoms with Gasteiger partial charge in [-0.15, -0.1) is 0 Å². The molecule has 0 fully saturated rings. The van der Waals surface area contributed by atoms with Crippen LogP contribution in [0, 0.1) is 0 Å². The van der Waals surface area contributed by atoms with Crippen molar-refractivity contribution < 1.29 is 18.7 Å². The first-order chi connectivity index (χ1) is 8.62. The van der Waals surface area contributed by atoms with Crippen LogP contribution in [0.25, 0.3) is 0 Å². The Hall–Kier alpha value is -0.160. The minimum Gasteiger partial charge on any atom is -0.385 e. The zero-order valence-electron chi connectivity index (χ0n) is 13.3. The molecule has 0 atom stereocenters. The molecule has 0 bridgehead atoms. The van der Waals surface area contributed by atoms with Crippen LogP contribution in [0.2, 0.25) is 0 Å². The summed E-state index contributed by atoms with van der Waals surface area (Å²) in [5, 5.41) is 0. The van der Waals surface area contributed by atoms with E-state index in [1.165, 1.54) is 13.0 Å². The van der Waals surface area contributed by atoms with Crippen molar-refractivity contribution in [1.29, 1.82) is 0 Å². The topological polar surface area (TPSA) is 27.7 Å². The van der Waals surface area contributed by atoms with E-state index in [4.69, 9.17) is 14.2 Å².